The number of sulfonamides is 1. The van der Waals surface area contributed by atoms with Gasteiger partial charge in [-0.2, -0.15) is 0 Å². The molecule has 0 aliphatic heterocycles. The fourth-order valence-corrected chi connectivity index (χ4v) is 3.62. The van der Waals surface area contributed by atoms with Gasteiger partial charge in [0.15, 0.2) is 0 Å². The summed E-state index contributed by atoms with van der Waals surface area (Å²) >= 11 is 5.67. The number of pyridine rings is 1. The Bertz CT molecular complexity index is 521. The van der Waals surface area contributed by atoms with Crippen LogP contribution in [0, 0.1) is 0 Å². The van der Waals surface area contributed by atoms with E-state index >= 15 is 0 Å². The van der Waals surface area contributed by atoms with Crippen LogP contribution in [0.15, 0.2) is 23.2 Å². The molecular formula is C11H15ClN2O3S. The van der Waals surface area contributed by atoms with Crippen LogP contribution in [0.4, 0.5) is 0 Å². The maximum Gasteiger partial charge on any atom is 0.241 e. The van der Waals surface area contributed by atoms with Crippen molar-refractivity contribution in [2.75, 3.05) is 0 Å². The molecule has 0 amide bonds. The first-order valence-corrected chi connectivity index (χ1v) is 7.67. The standard InChI is InChI=1S/C11H15ClN2O3S/c12-11-7-8(5-6-13-11)18(16,17)14-9-3-1-2-4-10(9)15/h5-7,9-10,14-15H,1-4H2. The van der Waals surface area contributed by atoms with Crippen molar-refractivity contribution >= 4 is 21.6 Å². The summed E-state index contributed by atoms with van der Waals surface area (Å²) in [4.78, 5) is 3.81. The van der Waals surface area contributed by atoms with Gasteiger partial charge in [-0.1, -0.05) is 24.4 Å². The summed E-state index contributed by atoms with van der Waals surface area (Å²) < 4.78 is 26.7. The van der Waals surface area contributed by atoms with E-state index in [1.807, 2.05) is 0 Å². The van der Waals surface area contributed by atoms with E-state index in [2.05, 4.69) is 9.71 Å². The maximum absolute atomic E-state index is 12.1. The Labute approximate surface area is 111 Å². The Hall–Kier alpha value is -0.690. The molecule has 1 aliphatic rings. The van der Waals surface area contributed by atoms with E-state index in [0.717, 1.165) is 12.8 Å². The van der Waals surface area contributed by atoms with Crippen molar-refractivity contribution in [3.05, 3.63) is 23.5 Å². The van der Waals surface area contributed by atoms with E-state index in [9.17, 15) is 13.5 Å². The number of aromatic nitrogens is 1. The van der Waals surface area contributed by atoms with Crippen LogP contribution < -0.4 is 4.72 Å². The van der Waals surface area contributed by atoms with E-state index in [-0.39, 0.29) is 10.0 Å². The molecule has 1 heterocycles. The minimum atomic E-state index is -3.65. The van der Waals surface area contributed by atoms with Crippen LogP contribution in [0.1, 0.15) is 25.7 Å². The molecule has 2 N–H and O–H groups in total. The van der Waals surface area contributed by atoms with Crippen molar-refractivity contribution in [3.63, 3.8) is 0 Å². The van der Waals surface area contributed by atoms with Gasteiger partial charge in [-0.25, -0.2) is 18.1 Å². The number of halogens is 1. The molecule has 1 aromatic heterocycles. The van der Waals surface area contributed by atoms with Crippen LogP contribution in [0.5, 0.6) is 0 Å². The van der Waals surface area contributed by atoms with Gasteiger partial charge in [0, 0.05) is 12.2 Å². The van der Waals surface area contributed by atoms with E-state index in [1.54, 1.807) is 0 Å². The monoisotopic (exact) mass is 290 g/mol. The van der Waals surface area contributed by atoms with E-state index in [4.69, 9.17) is 11.6 Å². The second-order valence-corrected chi connectivity index (χ2v) is 6.50. The van der Waals surface area contributed by atoms with Crippen molar-refractivity contribution in [2.24, 2.45) is 0 Å². The molecule has 7 heteroatoms. The Morgan fingerprint density at radius 3 is 2.78 bits per heavy atom. The molecule has 2 rings (SSSR count). The number of rotatable bonds is 3. The van der Waals surface area contributed by atoms with Crippen LogP contribution in [-0.4, -0.2) is 30.7 Å². The SMILES string of the molecule is O=S(=O)(NC1CCCCC1O)c1ccnc(Cl)c1. The van der Waals surface area contributed by atoms with Crippen molar-refractivity contribution < 1.29 is 13.5 Å². The van der Waals surface area contributed by atoms with E-state index < -0.39 is 22.2 Å². The zero-order valence-corrected chi connectivity index (χ0v) is 11.3. The zero-order chi connectivity index (χ0) is 13.2. The third kappa shape index (κ3) is 3.20. The van der Waals surface area contributed by atoms with Crippen LogP contribution in [-0.2, 0) is 10.0 Å². The molecule has 2 unspecified atom stereocenters. The summed E-state index contributed by atoms with van der Waals surface area (Å²) in [5, 5.41) is 9.90. The lowest BCUT2D eigenvalue weighted by Crippen LogP contribution is -2.44. The Kier molecular flexibility index (Phi) is 4.21. The Balaban J connectivity index is 2.16. The number of nitrogens with zero attached hydrogens (tertiary/aromatic N) is 1. The highest BCUT2D eigenvalue weighted by Crippen LogP contribution is 2.21. The smallest absolute Gasteiger partial charge is 0.241 e. The largest absolute Gasteiger partial charge is 0.391 e. The third-order valence-corrected chi connectivity index (χ3v) is 4.74. The van der Waals surface area contributed by atoms with Crippen LogP contribution in [0.2, 0.25) is 5.15 Å². The number of hydrogen-bond donors (Lipinski definition) is 2. The number of hydrogen-bond acceptors (Lipinski definition) is 4. The molecule has 0 radical (unpaired) electrons. The van der Waals surface area contributed by atoms with Crippen molar-refractivity contribution in [1.82, 2.24) is 9.71 Å². The van der Waals surface area contributed by atoms with Gasteiger partial charge in [-0.15, -0.1) is 0 Å². The first-order valence-electron chi connectivity index (χ1n) is 5.81. The average molecular weight is 291 g/mol. The van der Waals surface area contributed by atoms with Crippen LogP contribution in [0.3, 0.4) is 0 Å². The lowest BCUT2D eigenvalue weighted by atomic mass is 9.93. The minimum Gasteiger partial charge on any atom is -0.391 e. The van der Waals surface area contributed by atoms with Gasteiger partial charge in [0.1, 0.15) is 5.15 Å². The molecule has 5 nitrogen and oxygen atoms in total. The molecule has 1 aliphatic carbocycles. The van der Waals surface area contributed by atoms with Gasteiger partial charge in [-0.3, -0.25) is 0 Å². The molecule has 1 saturated carbocycles. The molecule has 0 spiro atoms. The normalized spacial score (nSPS) is 25.0. The maximum atomic E-state index is 12.1. The van der Waals surface area contributed by atoms with Gasteiger partial charge >= 0.3 is 0 Å². The quantitative estimate of drug-likeness (QED) is 0.823. The predicted molar refractivity (Wildman–Crippen MR) is 67.8 cm³/mol. The Morgan fingerprint density at radius 2 is 2.11 bits per heavy atom. The molecule has 1 aromatic rings. The summed E-state index contributed by atoms with van der Waals surface area (Å²) in [6.45, 7) is 0. The Morgan fingerprint density at radius 1 is 1.39 bits per heavy atom. The fourth-order valence-electron chi connectivity index (χ4n) is 2.07. The molecule has 0 bridgehead atoms. The first kappa shape index (κ1) is 13.7. The summed E-state index contributed by atoms with van der Waals surface area (Å²) in [5.74, 6) is 0. The summed E-state index contributed by atoms with van der Waals surface area (Å²) in [5.41, 5.74) is 0. The van der Waals surface area contributed by atoms with Gasteiger partial charge in [0.25, 0.3) is 0 Å². The molecule has 2 atom stereocenters. The topological polar surface area (TPSA) is 79.3 Å². The third-order valence-electron chi connectivity index (χ3n) is 3.04. The highest BCUT2D eigenvalue weighted by atomic mass is 35.5. The molecule has 18 heavy (non-hydrogen) atoms. The predicted octanol–water partition coefficient (Wildman–Crippen LogP) is 1.32. The van der Waals surface area contributed by atoms with Gasteiger partial charge in [-0.05, 0) is 25.0 Å². The molecule has 0 saturated heterocycles. The molecule has 100 valence electrons. The lowest BCUT2D eigenvalue weighted by molar-refractivity contribution is 0.101. The van der Waals surface area contributed by atoms with Gasteiger partial charge in [0.05, 0.1) is 11.0 Å². The zero-order valence-electron chi connectivity index (χ0n) is 9.71. The van der Waals surface area contributed by atoms with Gasteiger partial charge < -0.3 is 5.11 Å². The average Bonchev–Trinajstić information content (AvgIpc) is 2.32. The molecule has 0 aromatic carbocycles. The molecular weight excluding hydrogens is 276 g/mol. The summed E-state index contributed by atoms with van der Waals surface area (Å²) in [7, 11) is -3.65. The van der Waals surface area contributed by atoms with E-state index in [0.29, 0.717) is 12.8 Å². The van der Waals surface area contributed by atoms with Crippen LogP contribution in [0.25, 0.3) is 0 Å². The van der Waals surface area contributed by atoms with Gasteiger partial charge in [0.2, 0.25) is 10.0 Å². The first-order chi connectivity index (χ1) is 8.49. The number of aliphatic hydroxyl groups excluding tert-OH is 1. The second-order valence-electron chi connectivity index (χ2n) is 4.39. The highest BCUT2D eigenvalue weighted by Gasteiger charge is 2.28. The highest BCUT2D eigenvalue weighted by molar-refractivity contribution is 7.89. The summed E-state index contributed by atoms with van der Waals surface area (Å²) in [6.07, 6.45) is 3.85. The van der Waals surface area contributed by atoms with Crippen molar-refractivity contribution in [2.45, 2.75) is 42.7 Å². The van der Waals surface area contributed by atoms with Crippen molar-refractivity contribution in [1.29, 1.82) is 0 Å². The summed E-state index contributed by atoms with van der Waals surface area (Å²) in [6, 6.07) is 2.25. The second kappa shape index (κ2) is 5.52. The number of aliphatic hydroxyl groups is 1. The van der Waals surface area contributed by atoms with Crippen LogP contribution >= 0.6 is 11.6 Å². The minimum absolute atomic E-state index is 0.0697. The molecule has 1 fully saturated rings. The van der Waals surface area contributed by atoms with E-state index in [1.165, 1.54) is 18.3 Å². The lowest BCUT2D eigenvalue weighted by Gasteiger charge is -2.28. The number of nitrogens with one attached hydrogen (secondary N) is 1. The van der Waals surface area contributed by atoms with Crippen molar-refractivity contribution in [3.8, 4) is 0 Å². The fraction of sp³-hybridized carbons (Fsp3) is 0.545.